The summed E-state index contributed by atoms with van der Waals surface area (Å²) >= 11 is 0. The number of carbonyl (C=O) groups is 1. The summed E-state index contributed by atoms with van der Waals surface area (Å²) in [5.41, 5.74) is 1.82. The number of rotatable bonds is 4. The van der Waals surface area contributed by atoms with Gasteiger partial charge in [0.15, 0.2) is 0 Å². The first-order valence-corrected chi connectivity index (χ1v) is 10.5. The number of piperidine rings is 2. The highest BCUT2D eigenvalue weighted by atomic mass is 16.2. The molecule has 3 fully saturated rings. The van der Waals surface area contributed by atoms with Gasteiger partial charge in [0.05, 0.1) is 0 Å². The van der Waals surface area contributed by atoms with E-state index in [1.165, 1.54) is 48.9 Å². The molecule has 2 aliphatic heterocycles. The van der Waals surface area contributed by atoms with Crippen LogP contribution in [-0.2, 0) is 11.3 Å². The van der Waals surface area contributed by atoms with Gasteiger partial charge in [-0.05, 0) is 59.4 Å². The van der Waals surface area contributed by atoms with Gasteiger partial charge in [0.2, 0.25) is 5.91 Å². The molecule has 7 heteroatoms. The van der Waals surface area contributed by atoms with Crippen molar-refractivity contribution in [3.8, 4) is 0 Å². The maximum atomic E-state index is 12.6. The molecule has 1 spiro atoms. The van der Waals surface area contributed by atoms with Gasteiger partial charge in [-0.25, -0.2) is 4.68 Å². The van der Waals surface area contributed by atoms with Crippen LogP contribution in [0.5, 0.6) is 0 Å². The second-order valence-electron chi connectivity index (χ2n) is 8.86. The second-order valence-corrected chi connectivity index (χ2v) is 8.86. The van der Waals surface area contributed by atoms with Crippen LogP contribution in [0.4, 0.5) is 0 Å². The van der Waals surface area contributed by atoms with Crippen molar-refractivity contribution < 1.29 is 4.79 Å². The van der Waals surface area contributed by atoms with E-state index in [2.05, 4.69) is 50.8 Å². The van der Waals surface area contributed by atoms with Gasteiger partial charge in [0, 0.05) is 32.2 Å². The maximum absolute atomic E-state index is 12.6. The van der Waals surface area contributed by atoms with E-state index in [0.29, 0.717) is 11.3 Å². The normalized spacial score (nSPS) is 25.1. The van der Waals surface area contributed by atoms with Crippen LogP contribution in [0.15, 0.2) is 36.7 Å². The molecule has 28 heavy (non-hydrogen) atoms. The Kier molecular flexibility index (Phi) is 4.62. The van der Waals surface area contributed by atoms with Crippen molar-refractivity contribution in [2.24, 2.45) is 5.41 Å². The summed E-state index contributed by atoms with van der Waals surface area (Å²) in [5.74, 6) is 0.732. The summed E-state index contributed by atoms with van der Waals surface area (Å²) in [6.45, 7) is 4.33. The minimum atomic E-state index is 0.122. The average molecular weight is 380 g/mol. The molecule has 1 aromatic carbocycles. The zero-order valence-electron chi connectivity index (χ0n) is 16.3. The van der Waals surface area contributed by atoms with Crippen molar-refractivity contribution in [1.29, 1.82) is 0 Å². The summed E-state index contributed by atoms with van der Waals surface area (Å²) in [6.07, 6.45) is 7.65. The van der Waals surface area contributed by atoms with Crippen LogP contribution in [0.2, 0.25) is 0 Å². The molecule has 1 amide bonds. The van der Waals surface area contributed by atoms with Gasteiger partial charge in [-0.2, -0.15) is 0 Å². The van der Waals surface area contributed by atoms with Gasteiger partial charge >= 0.3 is 0 Å². The lowest BCUT2D eigenvalue weighted by molar-refractivity contribution is -0.135. The second kappa shape index (κ2) is 7.28. The molecule has 0 radical (unpaired) electrons. The van der Waals surface area contributed by atoms with Gasteiger partial charge in [-0.1, -0.05) is 30.3 Å². The molecule has 1 aliphatic carbocycles. The Morgan fingerprint density at radius 3 is 2.61 bits per heavy atom. The van der Waals surface area contributed by atoms with Crippen molar-refractivity contribution in [3.63, 3.8) is 0 Å². The van der Waals surface area contributed by atoms with E-state index >= 15 is 0 Å². The predicted octanol–water partition coefficient (Wildman–Crippen LogP) is 1.93. The Morgan fingerprint density at radius 1 is 1.14 bits per heavy atom. The zero-order valence-corrected chi connectivity index (χ0v) is 16.3. The number of likely N-dealkylation sites (tertiary alicyclic amines) is 2. The molecule has 2 saturated heterocycles. The first-order chi connectivity index (χ1) is 13.7. The monoisotopic (exact) mass is 380 g/mol. The Hall–Kier alpha value is -2.28. The largest absolute Gasteiger partial charge is 0.341 e. The number of carbonyl (C=O) groups excluding carboxylic acids is 1. The Morgan fingerprint density at radius 2 is 1.93 bits per heavy atom. The van der Waals surface area contributed by atoms with E-state index in [9.17, 15) is 4.79 Å². The summed E-state index contributed by atoms with van der Waals surface area (Å²) in [7, 11) is 0. The van der Waals surface area contributed by atoms with Crippen LogP contribution >= 0.6 is 0 Å². The topological polar surface area (TPSA) is 67.2 Å². The standard InChI is InChI=1S/C21H28N6O/c28-20(14-27-16-22-23-24-27)25-10-8-21(9-11-25)12-18(17-4-2-1-3-5-17)13-26(15-21)19-6-7-19/h1-5,16,18-19H,6-15H2. The molecule has 3 heterocycles. The van der Waals surface area contributed by atoms with Crippen LogP contribution in [0.25, 0.3) is 0 Å². The summed E-state index contributed by atoms with van der Waals surface area (Å²) < 4.78 is 1.51. The highest BCUT2D eigenvalue weighted by molar-refractivity contribution is 5.75. The molecule has 2 aromatic rings. The number of nitrogens with zero attached hydrogens (tertiary/aromatic N) is 6. The molecule has 7 nitrogen and oxygen atoms in total. The number of aromatic nitrogens is 4. The maximum Gasteiger partial charge on any atom is 0.244 e. The van der Waals surface area contributed by atoms with Gasteiger partial charge in [-0.3, -0.25) is 9.69 Å². The van der Waals surface area contributed by atoms with Crippen LogP contribution in [0.1, 0.15) is 43.6 Å². The fourth-order valence-electron chi connectivity index (χ4n) is 5.18. The SMILES string of the molecule is O=C(Cn1cnnn1)N1CCC2(CC1)CC(c1ccccc1)CN(C1CC1)C2. The van der Waals surface area contributed by atoms with E-state index in [-0.39, 0.29) is 12.5 Å². The summed E-state index contributed by atoms with van der Waals surface area (Å²) in [6, 6.07) is 11.8. The van der Waals surface area contributed by atoms with Crippen molar-refractivity contribution in [2.45, 2.75) is 50.6 Å². The molecule has 1 aromatic heterocycles. The van der Waals surface area contributed by atoms with Gasteiger partial charge < -0.3 is 4.90 Å². The molecule has 3 aliphatic rings. The van der Waals surface area contributed by atoms with Crippen molar-refractivity contribution in [2.75, 3.05) is 26.2 Å². The Labute approximate surface area is 165 Å². The smallest absolute Gasteiger partial charge is 0.244 e. The number of hydrogen-bond acceptors (Lipinski definition) is 5. The fourth-order valence-corrected chi connectivity index (χ4v) is 5.18. The molecule has 1 saturated carbocycles. The van der Waals surface area contributed by atoms with E-state index in [0.717, 1.165) is 32.0 Å². The van der Waals surface area contributed by atoms with Crippen LogP contribution in [-0.4, -0.2) is 68.1 Å². The molecule has 1 unspecified atom stereocenters. The minimum absolute atomic E-state index is 0.122. The summed E-state index contributed by atoms with van der Waals surface area (Å²) in [5, 5.41) is 11.0. The zero-order chi connectivity index (χ0) is 19.0. The first kappa shape index (κ1) is 17.8. The van der Waals surface area contributed by atoms with Crippen molar-refractivity contribution >= 4 is 5.91 Å². The lowest BCUT2D eigenvalue weighted by Gasteiger charge is -2.50. The van der Waals surface area contributed by atoms with Crippen LogP contribution < -0.4 is 0 Å². The minimum Gasteiger partial charge on any atom is -0.341 e. The van der Waals surface area contributed by atoms with Gasteiger partial charge in [0.25, 0.3) is 0 Å². The number of tetrazole rings is 1. The lowest BCUT2D eigenvalue weighted by atomic mass is 9.68. The third-order valence-electron chi connectivity index (χ3n) is 6.87. The third-order valence-corrected chi connectivity index (χ3v) is 6.87. The Balaban J connectivity index is 1.27. The van der Waals surface area contributed by atoms with Crippen LogP contribution in [0.3, 0.4) is 0 Å². The van der Waals surface area contributed by atoms with Crippen LogP contribution in [0, 0.1) is 5.41 Å². The first-order valence-electron chi connectivity index (χ1n) is 10.5. The molecule has 5 rings (SSSR count). The number of amides is 1. The van der Waals surface area contributed by atoms with Gasteiger partial charge in [0.1, 0.15) is 12.9 Å². The molecule has 148 valence electrons. The quantitative estimate of drug-likeness (QED) is 0.811. The third kappa shape index (κ3) is 3.68. The molecule has 1 atom stereocenters. The highest BCUT2D eigenvalue weighted by Gasteiger charge is 2.46. The van der Waals surface area contributed by atoms with Crippen molar-refractivity contribution in [3.05, 3.63) is 42.2 Å². The average Bonchev–Trinajstić information content (AvgIpc) is 3.46. The van der Waals surface area contributed by atoms with E-state index in [1.807, 2.05) is 4.90 Å². The Bertz CT molecular complexity index is 796. The lowest BCUT2D eigenvalue weighted by Crippen LogP contribution is -2.53. The van der Waals surface area contributed by atoms with E-state index in [1.54, 1.807) is 0 Å². The molecular weight excluding hydrogens is 352 g/mol. The van der Waals surface area contributed by atoms with E-state index < -0.39 is 0 Å². The van der Waals surface area contributed by atoms with E-state index in [4.69, 9.17) is 0 Å². The molecule has 0 N–H and O–H groups in total. The van der Waals surface area contributed by atoms with Crippen molar-refractivity contribution in [1.82, 2.24) is 30.0 Å². The molecular formula is C21H28N6O. The predicted molar refractivity (Wildman–Crippen MR) is 104 cm³/mol. The highest BCUT2D eigenvalue weighted by Crippen LogP contribution is 2.47. The fraction of sp³-hybridized carbons (Fsp3) is 0.619. The summed E-state index contributed by atoms with van der Waals surface area (Å²) in [4.78, 5) is 17.4. The molecule has 0 bridgehead atoms. The number of benzene rings is 1. The van der Waals surface area contributed by atoms with Gasteiger partial charge in [-0.15, -0.1) is 5.10 Å². The number of hydrogen-bond donors (Lipinski definition) is 0.